The first-order valence-corrected chi connectivity index (χ1v) is 14.0. The first-order valence-electron chi connectivity index (χ1n) is 14.0. The smallest absolute Gasteiger partial charge is 0.312 e. The molecule has 5 nitrogen and oxygen atoms in total. The van der Waals surface area contributed by atoms with Gasteiger partial charge in [0.25, 0.3) is 0 Å². The van der Waals surface area contributed by atoms with E-state index in [1.54, 1.807) is 0 Å². The number of allylic oxidation sites excluding steroid dienone is 2. The van der Waals surface area contributed by atoms with Crippen LogP contribution in [0, 0.1) is 50.2 Å². The van der Waals surface area contributed by atoms with E-state index >= 15 is 0 Å². The van der Waals surface area contributed by atoms with Crippen molar-refractivity contribution in [3.05, 3.63) is 11.6 Å². The van der Waals surface area contributed by atoms with Gasteiger partial charge in [-0.2, -0.15) is 0 Å². The maximum atomic E-state index is 12.8. The highest BCUT2D eigenvalue weighted by Crippen LogP contribution is 2.75. The Hall–Kier alpha value is -0.910. The number of hydrogen-bond acceptors (Lipinski definition) is 4. The van der Waals surface area contributed by atoms with E-state index in [1.807, 2.05) is 0 Å². The minimum Gasteiger partial charge on any atom is -0.481 e. The van der Waals surface area contributed by atoms with Crippen molar-refractivity contribution in [3.63, 3.8) is 0 Å². The molecule has 0 saturated heterocycles. The normalized spacial score (nSPS) is 55.0. The van der Waals surface area contributed by atoms with Crippen LogP contribution >= 0.6 is 0 Å². The lowest BCUT2D eigenvalue weighted by molar-refractivity contribution is -0.226. The minimum absolute atomic E-state index is 0.00707. The van der Waals surface area contributed by atoms with Crippen molar-refractivity contribution in [2.75, 3.05) is 6.61 Å². The summed E-state index contributed by atoms with van der Waals surface area (Å²) in [6.45, 7) is 13.7. The lowest BCUT2D eigenvalue weighted by Crippen LogP contribution is -2.68. The fourth-order valence-electron chi connectivity index (χ4n) is 10.8. The number of aliphatic hydroxyl groups excluding tert-OH is 3. The monoisotopic (exact) mass is 488 g/mol. The van der Waals surface area contributed by atoms with Gasteiger partial charge in [-0.3, -0.25) is 4.79 Å². The van der Waals surface area contributed by atoms with E-state index in [0.717, 1.165) is 38.5 Å². The summed E-state index contributed by atoms with van der Waals surface area (Å²) >= 11 is 0. The summed E-state index contributed by atoms with van der Waals surface area (Å²) in [4.78, 5) is 12.8. The Kier molecular flexibility index (Phi) is 5.56. The molecule has 198 valence electrons. The van der Waals surface area contributed by atoms with Crippen LogP contribution in [-0.4, -0.2) is 45.2 Å². The molecule has 5 heteroatoms. The Morgan fingerprint density at radius 1 is 0.914 bits per heavy atom. The number of aliphatic hydroxyl groups is 3. The average Bonchev–Trinajstić information content (AvgIpc) is 2.76. The number of fused-ring (bicyclic) bond motifs is 7. The van der Waals surface area contributed by atoms with E-state index in [2.05, 4.69) is 47.6 Å². The molecule has 0 aromatic heterocycles. The van der Waals surface area contributed by atoms with Crippen LogP contribution in [0.25, 0.3) is 0 Å². The van der Waals surface area contributed by atoms with Gasteiger partial charge in [-0.15, -0.1) is 0 Å². The Bertz CT molecular complexity index is 941. The third-order valence-corrected chi connectivity index (χ3v) is 13.2. The third kappa shape index (κ3) is 3.01. The zero-order chi connectivity index (χ0) is 25.8. The fourth-order valence-corrected chi connectivity index (χ4v) is 10.8. The number of hydrogen-bond donors (Lipinski definition) is 4. The van der Waals surface area contributed by atoms with E-state index in [1.165, 1.54) is 5.57 Å². The summed E-state index contributed by atoms with van der Waals surface area (Å²) in [6, 6.07) is 0. The molecule has 3 unspecified atom stereocenters. The van der Waals surface area contributed by atoms with Gasteiger partial charge in [0.15, 0.2) is 0 Å². The number of carbonyl (C=O) groups is 1. The van der Waals surface area contributed by atoms with Crippen LogP contribution in [0.4, 0.5) is 0 Å². The molecule has 0 amide bonds. The van der Waals surface area contributed by atoms with Crippen LogP contribution in [0.2, 0.25) is 0 Å². The Morgan fingerprint density at radius 3 is 2.23 bits per heavy atom. The van der Waals surface area contributed by atoms with Gasteiger partial charge < -0.3 is 20.4 Å². The molecule has 5 aliphatic rings. The third-order valence-electron chi connectivity index (χ3n) is 13.2. The molecule has 10 atom stereocenters. The lowest BCUT2D eigenvalue weighted by Gasteiger charge is -2.71. The number of carboxylic acids is 1. The quantitative estimate of drug-likeness (QED) is 0.402. The van der Waals surface area contributed by atoms with Crippen molar-refractivity contribution < 1.29 is 25.2 Å². The van der Waals surface area contributed by atoms with Gasteiger partial charge in [-0.25, -0.2) is 0 Å². The van der Waals surface area contributed by atoms with Gasteiger partial charge >= 0.3 is 5.97 Å². The number of rotatable bonds is 2. The van der Waals surface area contributed by atoms with E-state index in [0.29, 0.717) is 25.2 Å². The molecule has 4 N–H and O–H groups in total. The van der Waals surface area contributed by atoms with Gasteiger partial charge in [-0.1, -0.05) is 53.2 Å². The largest absolute Gasteiger partial charge is 0.481 e. The molecule has 4 saturated carbocycles. The van der Waals surface area contributed by atoms with Gasteiger partial charge in [0, 0.05) is 5.41 Å². The summed E-state index contributed by atoms with van der Waals surface area (Å²) in [5, 5.41) is 43.5. The molecule has 35 heavy (non-hydrogen) atoms. The maximum Gasteiger partial charge on any atom is 0.312 e. The highest BCUT2D eigenvalue weighted by Gasteiger charge is 2.71. The van der Waals surface area contributed by atoms with Crippen LogP contribution in [0.3, 0.4) is 0 Å². The van der Waals surface area contributed by atoms with Crippen LogP contribution in [0.1, 0.15) is 99.3 Å². The molecule has 4 fully saturated rings. The van der Waals surface area contributed by atoms with Crippen LogP contribution in [-0.2, 0) is 4.79 Å². The Balaban J connectivity index is 1.63. The van der Waals surface area contributed by atoms with Gasteiger partial charge in [0.05, 0.1) is 18.8 Å². The standard InChI is InChI=1S/C30H48O5/c1-25(2)13-14-30(24(34)35)19(15-25)18-7-8-21-26(3)11-10-22(32)27(4,17-31)20(26)9-12-28(21,5)29(18,6)16-23(30)33/h7,19-23,31-33H,8-17H2,1-6H3,(H,34,35)/t19?,20?,21?,22-,23+,26-,27-,28+,29+,30+/m0/s1. The summed E-state index contributed by atoms with van der Waals surface area (Å²) in [6.07, 6.45) is 8.30. The zero-order valence-corrected chi connectivity index (χ0v) is 22.7. The van der Waals surface area contributed by atoms with Crippen LogP contribution in [0.15, 0.2) is 11.6 Å². The zero-order valence-electron chi connectivity index (χ0n) is 22.7. The van der Waals surface area contributed by atoms with Gasteiger partial charge in [0.1, 0.15) is 5.41 Å². The fraction of sp³-hybridized carbons (Fsp3) is 0.900. The summed E-state index contributed by atoms with van der Waals surface area (Å²) < 4.78 is 0. The molecule has 0 bridgehead atoms. The lowest BCUT2D eigenvalue weighted by atomic mass is 9.33. The Labute approximate surface area is 211 Å². The van der Waals surface area contributed by atoms with Crippen LogP contribution in [0.5, 0.6) is 0 Å². The SMILES string of the molecule is CC1(C)CC[C@@]2(C(=O)O)C(C1)C1=CCC3[C@@]4(C)CC[C@H](O)[C@@](C)(CO)C4CC[C@@]3(C)[C@]1(C)C[C@H]2O. The van der Waals surface area contributed by atoms with Crippen molar-refractivity contribution in [1.29, 1.82) is 0 Å². The number of carboxylic acid groups (broad SMARTS) is 1. The summed E-state index contributed by atoms with van der Waals surface area (Å²) in [5.41, 5.74) is -0.522. The molecule has 0 heterocycles. The molecular formula is C30H48O5. The highest BCUT2D eigenvalue weighted by molar-refractivity contribution is 5.77. The van der Waals surface area contributed by atoms with E-state index in [-0.39, 0.29) is 40.1 Å². The predicted molar refractivity (Wildman–Crippen MR) is 135 cm³/mol. The molecule has 0 aliphatic heterocycles. The Morgan fingerprint density at radius 2 is 1.60 bits per heavy atom. The van der Waals surface area contributed by atoms with Gasteiger partial charge in [0.2, 0.25) is 0 Å². The topological polar surface area (TPSA) is 98.0 Å². The first kappa shape index (κ1) is 25.7. The summed E-state index contributed by atoms with van der Waals surface area (Å²) in [5.74, 6) is -0.323. The van der Waals surface area contributed by atoms with Crippen LogP contribution < -0.4 is 0 Å². The van der Waals surface area contributed by atoms with Crippen molar-refractivity contribution in [2.45, 2.75) is 112 Å². The van der Waals surface area contributed by atoms with E-state index in [4.69, 9.17) is 0 Å². The molecule has 0 radical (unpaired) electrons. The molecule has 0 spiro atoms. The second kappa shape index (κ2) is 7.57. The predicted octanol–water partition coefficient (Wildman–Crippen LogP) is 5.18. The highest BCUT2D eigenvalue weighted by atomic mass is 16.4. The van der Waals surface area contributed by atoms with Crippen molar-refractivity contribution in [1.82, 2.24) is 0 Å². The molecule has 0 aromatic rings. The molecular weight excluding hydrogens is 440 g/mol. The second-order valence-electron chi connectivity index (χ2n) is 15.0. The first-order chi connectivity index (χ1) is 16.1. The molecule has 5 rings (SSSR count). The molecule has 0 aromatic carbocycles. The van der Waals surface area contributed by atoms with E-state index < -0.39 is 29.0 Å². The number of aliphatic carboxylic acids is 1. The molecule has 5 aliphatic carbocycles. The summed E-state index contributed by atoms with van der Waals surface area (Å²) in [7, 11) is 0. The van der Waals surface area contributed by atoms with Crippen molar-refractivity contribution in [2.24, 2.45) is 50.2 Å². The second-order valence-corrected chi connectivity index (χ2v) is 15.0. The maximum absolute atomic E-state index is 12.8. The van der Waals surface area contributed by atoms with Crippen molar-refractivity contribution >= 4 is 5.97 Å². The minimum atomic E-state index is -1.07. The van der Waals surface area contributed by atoms with Crippen molar-refractivity contribution in [3.8, 4) is 0 Å². The van der Waals surface area contributed by atoms with Gasteiger partial charge in [-0.05, 0) is 97.2 Å². The van der Waals surface area contributed by atoms with E-state index in [9.17, 15) is 25.2 Å². The average molecular weight is 489 g/mol.